The van der Waals surface area contributed by atoms with E-state index >= 15 is 0 Å². The average Bonchev–Trinajstić information content (AvgIpc) is 2.67. The first kappa shape index (κ1) is 11.5. The maximum Gasteiger partial charge on any atom is 0.115 e. The maximum absolute atomic E-state index is 6.75. The highest BCUT2D eigenvalue weighted by atomic mass is 15.1. The molecular formula is C10H15N5. The number of hydrogen-bond acceptors (Lipinski definition) is 1. The number of quaternary nitrogens is 1. The average molecular weight is 205 g/mol. The molecule has 1 aliphatic heterocycles. The fourth-order valence-electron chi connectivity index (χ4n) is 2.04. The quantitative estimate of drug-likeness (QED) is 0.418. The Labute approximate surface area is 89.2 Å². The van der Waals surface area contributed by atoms with Gasteiger partial charge in [0, 0.05) is 30.8 Å². The molecule has 0 aromatic carbocycles. The summed E-state index contributed by atoms with van der Waals surface area (Å²) in [6.45, 7) is 1.31. The minimum atomic E-state index is 0.693. The largest absolute Gasteiger partial charge is 0.373 e. The fourth-order valence-corrected chi connectivity index (χ4v) is 2.04. The highest BCUT2D eigenvalue weighted by Crippen LogP contribution is 2.16. The molecule has 1 aromatic rings. The molecule has 5 nitrogen and oxygen atoms in total. The molecule has 1 aliphatic rings. The van der Waals surface area contributed by atoms with Crippen LogP contribution in [0, 0.1) is 0 Å². The predicted octanol–water partition coefficient (Wildman–Crippen LogP) is 1.30. The number of pyridine rings is 1. The third kappa shape index (κ3) is 3.23. The van der Waals surface area contributed by atoms with Gasteiger partial charge in [-0.15, -0.1) is 0 Å². The minimum absolute atomic E-state index is 0.693. The Balaban J connectivity index is 0.000000337. The lowest BCUT2D eigenvalue weighted by molar-refractivity contribution is -0.898. The summed E-state index contributed by atoms with van der Waals surface area (Å²) in [6, 6.07) is 4.91. The van der Waals surface area contributed by atoms with Gasteiger partial charge in [0.15, 0.2) is 0 Å². The van der Waals surface area contributed by atoms with Gasteiger partial charge in [-0.2, -0.15) is 0 Å². The molecule has 2 heterocycles. The summed E-state index contributed by atoms with van der Waals surface area (Å²) < 4.78 is 0. The van der Waals surface area contributed by atoms with Gasteiger partial charge in [0.25, 0.3) is 0 Å². The lowest BCUT2D eigenvalue weighted by atomic mass is 10.1. The zero-order valence-corrected chi connectivity index (χ0v) is 8.80. The van der Waals surface area contributed by atoms with Crippen molar-refractivity contribution < 1.29 is 4.90 Å². The zero-order valence-electron chi connectivity index (χ0n) is 8.80. The van der Waals surface area contributed by atoms with E-state index in [1.54, 1.807) is 4.90 Å². The van der Waals surface area contributed by atoms with E-state index in [1.165, 1.54) is 29.9 Å². The van der Waals surface area contributed by atoms with Crippen LogP contribution in [0.4, 0.5) is 0 Å². The summed E-state index contributed by atoms with van der Waals surface area (Å²) in [7, 11) is 2.27. The van der Waals surface area contributed by atoms with Crippen molar-refractivity contribution >= 4 is 0 Å². The summed E-state index contributed by atoms with van der Waals surface area (Å²) in [6.07, 6.45) is 6.51. The molecule has 1 N–H and O–H groups in total. The maximum atomic E-state index is 6.75. The number of likely N-dealkylation sites (tertiary alicyclic amines) is 1. The first-order valence-electron chi connectivity index (χ1n) is 5.00. The third-order valence-corrected chi connectivity index (χ3v) is 2.75. The van der Waals surface area contributed by atoms with Crippen LogP contribution in [0.5, 0.6) is 0 Å². The van der Waals surface area contributed by atoms with Crippen LogP contribution in [0.2, 0.25) is 0 Å². The summed E-state index contributed by atoms with van der Waals surface area (Å²) in [4.78, 5) is 7.28. The van der Waals surface area contributed by atoms with Crippen LogP contribution < -0.4 is 4.90 Å². The Hall–Kier alpha value is -1.58. The summed E-state index contributed by atoms with van der Waals surface area (Å²) in [5.74, 6) is 0. The molecule has 1 fully saturated rings. The topological polar surface area (TPSA) is 76.0 Å². The molecular weight excluding hydrogens is 190 g/mol. The van der Waals surface area contributed by atoms with Gasteiger partial charge in [0.2, 0.25) is 0 Å². The normalized spacial score (nSPS) is 23.8. The van der Waals surface area contributed by atoms with Crippen molar-refractivity contribution in [3.63, 3.8) is 0 Å². The summed E-state index contributed by atoms with van der Waals surface area (Å²) in [5.41, 5.74) is 14.9. The van der Waals surface area contributed by atoms with E-state index in [2.05, 4.69) is 18.1 Å². The standard InChI is InChI=1S/C10H14N2.N3/c1-12-7-3-5-10(12)9-4-2-6-11-8-9;1-3-2/h2,4,6,8,10H,3,5,7H2,1H3;/q;-1/p+1. The number of rotatable bonds is 1. The Morgan fingerprint density at radius 3 is 2.73 bits per heavy atom. The van der Waals surface area contributed by atoms with E-state index in [1.807, 2.05) is 18.5 Å². The van der Waals surface area contributed by atoms with Gasteiger partial charge in [0.1, 0.15) is 6.04 Å². The number of nitrogens with zero attached hydrogens (tertiary/aromatic N) is 4. The molecule has 80 valence electrons. The van der Waals surface area contributed by atoms with Crippen molar-refractivity contribution in [3.05, 3.63) is 46.1 Å². The molecule has 0 amide bonds. The number of nitrogens with one attached hydrogen (secondary N) is 1. The van der Waals surface area contributed by atoms with E-state index in [4.69, 9.17) is 11.1 Å². The first-order valence-corrected chi connectivity index (χ1v) is 5.00. The molecule has 1 aromatic heterocycles. The first-order chi connectivity index (χ1) is 7.29. The van der Waals surface area contributed by atoms with Gasteiger partial charge >= 0.3 is 0 Å². The van der Waals surface area contributed by atoms with E-state index < -0.39 is 0 Å². The fraction of sp³-hybridized carbons (Fsp3) is 0.500. The molecule has 5 heteroatoms. The van der Waals surface area contributed by atoms with Crippen molar-refractivity contribution in [3.8, 4) is 0 Å². The van der Waals surface area contributed by atoms with E-state index in [-0.39, 0.29) is 0 Å². The van der Waals surface area contributed by atoms with Crippen LogP contribution in [-0.4, -0.2) is 18.6 Å². The van der Waals surface area contributed by atoms with E-state index in [0.717, 1.165) is 0 Å². The monoisotopic (exact) mass is 205 g/mol. The molecule has 0 saturated carbocycles. The third-order valence-electron chi connectivity index (χ3n) is 2.75. The molecule has 15 heavy (non-hydrogen) atoms. The second-order valence-corrected chi connectivity index (χ2v) is 3.67. The van der Waals surface area contributed by atoms with Gasteiger partial charge < -0.3 is 16.0 Å². The lowest BCUT2D eigenvalue weighted by Gasteiger charge is -2.15. The smallest absolute Gasteiger partial charge is 0.115 e. The van der Waals surface area contributed by atoms with Crippen LogP contribution in [0.3, 0.4) is 0 Å². The summed E-state index contributed by atoms with van der Waals surface area (Å²) in [5, 5.41) is 0. The van der Waals surface area contributed by atoms with Gasteiger partial charge in [-0.05, 0) is 6.07 Å². The Kier molecular flexibility index (Phi) is 4.60. The molecule has 0 bridgehead atoms. The van der Waals surface area contributed by atoms with Crippen molar-refractivity contribution in [2.24, 2.45) is 0 Å². The van der Waals surface area contributed by atoms with Gasteiger partial charge in [-0.25, -0.2) is 0 Å². The molecule has 0 spiro atoms. The molecule has 2 rings (SSSR count). The number of hydrogen-bond donors (Lipinski definition) is 1. The van der Waals surface area contributed by atoms with Crippen molar-refractivity contribution in [1.82, 2.24) is 4.98 Å². The Morgan fingerprint density at radius 1 is 1.53 bits per heavy atom. The second kappa shape index (κ2) is 6.01. The van der Waals surface area contributed by atoms with Crippen LogP contribution in [0.1, 0.15) is 24.4 Å². The van der Waals surface area contributed by atoms with Crippen LogP contribution in [0.25, 0.3) is 16.0 Å². The van der Waals surface area contributed by atoms with Crippen molar-refractivity contribution in [2.75, 3.05) is 13.6 Å². The van der Waals surface area contributed by atoms with Gasteiger partial charge in [-0.1, -0.05) is 6.07 Å². The molecule has 0 aliphatic carbocycles. The van der Waals surface area contributed by atoms with Crippen LogP contribution in [-0.2, 0) is 0 Å². The molecule has 2 atom stereocenters. The summed E-state index contributed by atoms with van der Waals surface area (Å²) >= 11 is 0. The minimum Gasteiger partial charge on any atom is -0.373 e. The Bertz CT molecular complexity index is 318. The Morgan fingerprint density at radius 2 is 2.27 bits per heavy atom. The van der Waals surface area contributed by atoms with E-state index in [9.17, 15) is 0 Å². The van der Waals surface area contributed by atoms with Crippen molar-refractivity contribution in [2.45, 2.75) is 18.9 Å². The highest BCUT2D eigenvalue weighted by molar-refractivity contribution is 5.11. The number of aromatic nitrogens is 1. The molecule has 1 saturated heterocycles. The van der Waals surface area contributed by atoms with E-state index in [0.29, 0.717) is 6.04 Å². The van der Waals surface area contributed by atoms with Crippen LogP contribution in [0.15, 0.2) is 24.5 Å². The molecule has 0 radical (unpaired) electrons. The SMILES string of the molecule is C[NH+]1CCCC1c1cccnc1.[N-]=[N+]=[N-]. The van der Waals surface area contributed by atoms with Gasteiger partial charge in [0.05, 0.1) is 13.6 Å². The second-order valence-electron chi connectivity index (χ2n) is 3.67. The van der Waals surface area contributed by atoms with Crippen molar-refractivity contribution in [1.29, 1.82) is 0 Å². The van der Waals surface area contributed by atoms with Gasteiger partial charge in [-0.3, -0.25) is 9.90 Å². The molecule has 2 unspecified atom stereocenters. The highest BCUT2D eigenvalue weighted by Gasteiger charge is 2.26. The zero-order chi connectivity index (χ0) is 11.1. The van der Waals surface area contributed by atoms with Crippen LogP contribution >= 0.6 is 0 Å². The predicted molar refractivity (Wildman–Crippen MR) is 58.0 cm³/mol. The lowest BCUT2D eigenvalue weighted by Crippen LogP contribution is -3.07.